The van der Waals surface area contributed by atoms with Crippen molar-refractivity contribution in [2.45, 2.75) is 19.9 Å². The van der Waals surface area contributed by atoms with Crippen molar-refractivity contribution >= 4 is 0 Å². The van der Waals surface area contributed by atoms with Crippen molar-refractivity contribution in [2.75, 3.05) is 7.11 Å². The Morgan fingerprint density at radius 2 is 1.88 bits per heavy atom. The van der Waals surface area contributed by atoms with Crippen LogP contribution >= 0.6 is 0 Å². The smallest absolute Gasteiger partial charge is 0.346 e. The van der Waals surface area contributed by atoms with Crippen molar-refractivity contribution in [1.82, 2.24) is 14.3 Å². The van der Waals surface area contributed by atoms with Gasteiger partial charge in [-0.15, -0.1) is 5.10 Å². The van der Waals surface area contributed by atoms with Crippen molar-refractivity contribution in [1.29, 1.82) is 0 Å². The minimum atomic E-state index is -2.81. The normalized spacial score (nSPS) is 11.2. The van der Waals surface area contributed by atoms with E-state index < -0.39 is 17.9 Å². The Morgan fingerprint density at radius 1 is 1.15 bits per heavy atom. The van der Waals surface area contributed by atoms with Crippen molar-refractivity contribution in [2.24, 2.45) is 7.05 Å². The van der Waals surface area contributed by atoms with E-state index in [0.29, 0.717) is 0 Å². The van der Waals surface area contributed by atoms with Crippen LogP contribution in [-0.4, -0.2) is 21.5 Å². The largest absolute Gasteiger partial charge is 0.497 e. The average molecular weight is 359 g/mol. The zero-order chi connectivity index (χ0) is 18.8. The number of rotatable bonds is 5. The molecule has 0 aliphatic rings. The van der Waals surface area contributed by atoms with Crippen LogP contribution in [0.3, 0.4) is 0 Å². The molecule has 0 saturated carbocycles. The predicted molar refractivity (Wildman–Crippen MR) is 94.7 cm³/mol. The molecule has 136 valence electrons. The summed E-state index contributed by atoms with van der Waals surface area (Å²) < 4.78 is 33.6. The number of benzene rings is 2. The number of hydrogen-bond donors (Lipinski definition) is 0. The molecule has 1 aromatic heterocycles. The van der Waals surface area contributed by atoms with E-state index in [1.165, 1.54) is 7.05 Å². The number of aryl methyl sites for hydroxylation is 2. The molecule has 5 nitrogen and oxygen atoms in total. The van der Waals surface area contributed by atoms with E-state index in [9.17, 15) is 13.6 Å². The third-order valence-electron chi connectivity index (χ3n) is 4.31. The molecule has 0 spiro atoms. The van der Waals surface area contributed by atoms with Gasteiger partial charge in [0.15, 0.2) is 0 Å². The van der Waals surface area contributed by atoms with Gasteiger partial charge in [0, 0.05) is 7.05 Å². The van der Waals surface area contributed by atoms with Crippen molar-refractivity contribution in [3.63, 3.8) is 0 Å². The minimum Gasteiger partial charge on any atom is -0.497 e. The van der Waals surface area contributed by atoms with Gasteiger partial charge in [-0.1, -0.05) is 24.3 Å². The molecule has 0 aliphatic heterocycles. The second-order valence-electron chi connectivity index (χ2n) is 6.02. The van der Waals surface area contributed by atoms with Crippen molar-refractivity contribution < 1.29 is 13.5 Å². The Bertz CT molecular complexity index is 993. The third-order valence-corrected chi connectivity index (χ3v) is 4.31. The Kier molecular flexibility index (Phi) is 4.88. The van der Waals surface area contributed by atoms with Gasteiger partial charge in [-0.05, 0) is 47.4 Å². The first-order chi connectivity index (χ1) is 12.4. The summed E-state index contributed by atoms with van der Waals surface area (Å²) in [6.07, 6.45) is -2.81. The second kappa shape index (κ2) is 7.11. The van der Waals surface area contributed by atoms with Crippen molar-refractivity contribution in [3.05, 3.63) is 69.9 Å². The second-order valence-corrected chi connectivity index (χ2v) is 6.02. The van der Waals surface area contributed by atoms with E-state index in [-0.39, 0.29) is 6.54 Å². The van der Waals surface area contributed by atoms with Gasteiger partial charge in [0.1, 0.15) is 5.75 Å². The molecule has 0 saturated heterocycles. The van der Waals surface area contributed by atoms with Crippen LogP contribution in [0.25, 0.3) is 11.1 Å². The zero-order valence-corrected chi connectivity index (χ0v) is 14.7. The van der Waals surface area contributed by atoms with Crippen molar-refractivity contribution in [3.8, 4) is 16.9 Å². The first-order valence-electron chi connectivity index (χ1n) is 8.06. The van der Waals surface area contributed by atoms with Crippen LogP contribution in [-0.2, 0) is 13.6 Å². The van der Waals surface area contributed by atoms with Gasteiger partial charge < -0.3 is 4.74 Å². The van der Waals surface area contributed by atoms with Gasteiger partial charge in [-0.25, -0.2) is 18.3 Å². The van der Waals surface area contributed by atoms with Crippen LogP contribution in [0.1, 0.15) is 23.4 Å². The molecule has 7 heteroatoms. The van der Waals surface area contributed by atoms with Gasteiger partial charge in [-0.2, -0.15) is 0 Å². The fourth-order valence-corrected chi connectivity index (χ4v) is 2.83. The molecule has 2 aromatic carbocycles. The SMILES string of the molecule is COc1cccc(-c2ccc(C)c(Cn3c(C(F)F)nn(C)c3=O)c2)c1. The number of aromatic nitrogens is 3. The van der Waals surface area contributed by atoms with Crippen LogP contribution < -0.4 is 10.4 Å². The molecule has 3 rings (SSSR count). The van der Waals surface area contributed by atoms with Gasteiger partial charge >= 0.3 is 5.69 Å². The number of halogens is 2. The molecule has 1 heterocycles. The van der Waals surface area contributed by atoms with E-state index in [1.807, 2.05) is 49.4 Å². The third kappa shape index (κ3) is 3.37. The Labute approximate surface area is 149 Å². The topological polar surface area (TPSA) is 49.0 Å². The maximum Gasteiger partial charge on any atom is 0.346 e. The summed E-state index contributed by atoms with van der Waals surface area (Å²) >= 11 is 0. The monoisotopic (exact) mass is 359 g/mol. The summed E-state index contributed by atoms with van der Waals surface area (Å²) in [6, 6.07) is 13.3. The summed E-state index contributed by atoms with van der Waals surface area (Å²) in [5.41, 5.74) is 2.99. The van der Waals surface area contributed by atoms with E-state index >= 15 is 0 Å². The lowest BCUT2D eigenvalue weighted by Crippen LogP contribution is -2.24. The maximum atomic E-state index is 13.2. The number of nitrogens with zero attached hydrogens (tertiary/aromatic N) is 3. The highest BCUT2D eigenvalue weighted by Crippen LogP contribution is 2.26. The average Bonchev–Trinajstić information content (AvgIpc) is 2.92. The summed E-state index contributed by atoms with van der Waals surface area (Å²) in [4.78, 5) is 12.2. The number of alkyl halides is 2. The Morgan fingerprint density at radius 3 is 2.58 bits per heavy atom. The highest BCUT2D eigenvalue weighted by molar-refractivity contribution is 5.66. The zero-order valence-electron chi connectivity index (χ0n) is 14.7. The molecule has 0 fully saturated rings. The van der Waals surface area contributed by atoms with Gasteiger partial charge in [0.25, 0.3) is 6.43 Å². The van der Waals surface area contributed by atoms with Gasteiger partial charge in [-0.3, -0.25) is 4.57 Å². The van der Waals surface area contributed by atoms with Gasteiger partial charge in [0.2, 0.25) is 5.82 Å². The lowest BCUT2D eigenvalue weighted by molar-refractivity contribution is 0.134. The standard InChI is InChI=1S/C19H19F2N3O2/c1-12-7-8-14(13-5-4-6-16(10-13)26-3)9-15(12)11-24-18(17(20)21)22-23(2)19(24)25/h4-10,17H,11H2,1-3H3. The van der Waals surface area contributed by atoms with Crippen LogP contribution in [0.15, 0.2) is 47.3 Å². The molecular formula is C19H19F2N3O2. The van der Waals surface area contributed by atoms with E-state index in [4.69, 9.17) is 4.74 Å². The summed E-state index contributed by atoms with van der Waals surface area (Å²) in [5, 5.41) is 3.64. The molecule has 3 aromatic rings. The quantitative estimate of drug-likeness (QED) is 0.700. The summed E-state index contributed by atoms with van der Waals surface area (Å²) in [7, 11) is 2.96. The highest BCUT2D eigenvalue weighted by Gasteiger charge is 2.20. The van der Waals surface area contributed by atoms with Gasteiger partial charge in [0.05, 0.1) is 13.7 Å². The predicted octanol–water partition coefficient (Wildman–Crippen LogP) is 3.55. The minimum absolute atomic E-state index is 0.0377. The first kappa shape index (κ1) is 17.8. The van der Waals surface area contributed by atoms with Crippen LogP contribution in [0.2, 0.25) is 0 Å². The molecule has 0 unspecified atom stereocenters. The molecule has 0 radical (unpaired) electrons. The maximum absolute atomic E-state index is 13.2. The van der Waals surface area contributed by atoms with Crippen LogP contribution in [0.5, 0.6) is 5.75 Å². The fraction of sp³-hybridized carbons (Fsp3) is 0.263. The van der Waals surface area contributed by atoms with E-state index in [1.54, 1.807) is 7.11 Å². The molecule has 0 amide bonds. The molecule has 0 atom stereocenters. The Balaban J connectivity index is 2.03. The van der Waals surface area contributed by atoms with Crippen LogP contribution in [0.4, 0.5) is 8.78 Å². The van der Waals surface area contributed by atoms with Crippen LogP contribution in [0, 0.1) is 6.92 Å². The number of methoxy groups -OCH3 is 1. The Hall–Kier alpha value is -2.96. The number of hydrogen-bond acceptors (Lipinski definition) is 3. The first-order valence-corrected chi connectivity index (χ1v) is 8.06. The van der Waals surface area contributed by atoms with E-state index in [0.717, 1.165) is 37.3 Å². The lowest BCUT2D eigenvalue weighted by atomic mass is 9.99. The number of ether oxygens (including phenoxy) is 1. The molecule has 0 aliphatic carbocycles. The molecular weight excluding hydrogens is 340 g/mol. The lowest BCUT2D eigenvalue weighted by Gasteiger charge is -2.11. The van der Waals surface area contributed by atoms with E-state index in [2.05, 4.69) is 5.10 Å². The fourth-order valence-electron chi connectivity index (χ4n) is 2.83. The molecule has 0 bridgehead atoms. The highest BCUT2D eigenvalue weighted by atomic mass is 19.3. The molecule has 0 N–H and O–H groups in total. The summed E-state index contributed by atoms with van der Waals surface area (Å²) in [5.74, 6) is 0.205. The molecule has 26 heavy (non-hydrogen) atoms. The summed E-state index contributed by atoms with van der Waals surface area (Å²) in [6.45, 7) is 1.92.